The Bertz CT molecular complexity index is 1050. The summed E-state index contributed by atoms with van der Waals surface area (Å²) in [5.74, 6) is -0.326. The maximum Gasteiger partial charge on any atom is 0.198 e. The van der Waals surface area contributed by atoms with Gasteiger partial charge in [0.1, 0.15) is 22.5 Å². The Kier molecular flexibility index (Phi) is 2.96. The van der Waals surface area contributed by atoms with Gasteiger partial charge in [0.05, 0.1) is 5.69 Å². The van der Waals surface area contributed by atoms with Gasteiger partial charge >= 0.3 is 0 Å². The summed E-state index contributed by atoms with van der Waals surface area (Å²) < 4.78 is 1.21. The van der Waals surface area contributed by atoms with Crippen molar-refractivity contribution in [2.75, 3.05) is 0 Å². The number of hydrogen-bond donors (Lipinski definition) is 3. The molecular formula is C17H14N4O3. The fourth-order valence-electron chi connectivity index (χ4n) is 2.63. The molecule has 24 heavy (non-hydrogen) atoms. The van der Waals surface area contributed by atoms with E-state index in [0.29, 0.717) is 11.4 Å². The van der Waals surface area contributed by atoms with Gasteiger partial charge in [0.2, 0.25) is 0 Å². The molecule has 0 amide bonds. The highest BCUT2D eigenvalue weighted by Gasteiger charge is 2.13. The molecule has 0 aliphatic carbocycles. The largest absolute Gasteiger partial charge is 0.506 e. The number of fused-ring (bicyclic) bond motifs is 1. The van der Waals surface area contributed by atoms with Crippen LogP contribution < -0.4 is 0 Å². The smallest absolute Gasteiger partial charge is 0.198 e. The molecule has 0 saturated heterocycles. The predicted molar refractivity (Wildman–Crippen MR) is 87.9 cm³/mol. The third kappa shape index (κ3) is 2.14. The van der Waals surface area contributed by atoms with Crippen molar-refractivity contribution in [1.29, 1.82) is 0 Å². The Balaban J connectivity index is 1.81. The van der Waals surface area contributed by atoms with Gasteiger partial charge in [-0.1, -0.05) is 6.07 Å². The minimum atomic E-state index is -0.127. The molecule has 0 saturated carbocycles. The molecule has 2 heterocycles. The van der Waals surface area contributed by atoms with Gasteiger partial charge in [0.15, 0.2) is 11.8 Å². The zero-order valence-electron chi connectivity index (χ0n) is 12.7. The molecule has 0 radical (unpaired) electrons. The fraction of sp³-hybridized carbons (Fsp3) is 0.0588. The minimum Gasteiger partial charge on any atom is -0.506 e. The van der Waals surface area contributed by atoms with E-state index in [-0.39, 0.29) is 17.5 Å². The van der Waals surface area contributed by atoms with Gasteiger partial charge in [-0.15, -0.1) is 15.0 Å². The molecule has 0 atom stereocenters. The topological polar surface area (TPSA) is 96.3 Å². The van der Waals surface area contributed by atoms with Crippen LogP contribution in [0.5, 0.6) is 17.5 Å². The number of aromatic nitrogens is 4. The molecule has 0 fully saturated rings. The molecule has 7 heteroatoms. The first-order valence-corrected chi connectivity index (χ1v) is 7.30. The molecule has 4 rings (SSSR count). The number of benzene rings is 2. The monoisotopic (exact) mass is 322 g/mol. The van der Waals surface area contributed by atoms with E-state index in [4.69, 9.17) is 0 Å². The van der Waals surface area contributed by atoms with Crippen LogP contribution in [0.2, 0.25) is 0 Å². The van der Waals surface area contributed by atoms with Crippen molar-refractivity contribution in [1.82, 2.24) is 19.6 Å². The Morgan fingerprint density at radius 1 is 0.792 bits per heavy atom. The van der Waals surface area contributed by atoms with Crippen molar-refractivity contribution in [3.05, 3.63) is 54.1 Å². The van der Waals surface area contributed by atoms with Crippen LogP contribution in [-0.4, -0.2) is 34.9 Å². The second-order valence-electron chi connectivity index (χ2n) is 5.54. The first-order valence-electron chi connectivity index (χ1n) is 7.30. The Labute approximate surface area is 136 Å². The number of phenols is 1. The van der Waals surface area contributed by atoms with Crippen LogP contribution in [0.4, 0.5) is 0 Å². The van der Waals surface area contributed by atoms with Crippen LogP contribution in [0.1, 0.15) is 5.56 Å². The number of nitrogens with zero attached hydrogens (tertiary/aromatic N) is 4. The lowest BCUT2D eigenvalue weighted by Gasteiger charge is -2.09. The maximum absolute atomic E-state index is 10.3. The van der Waals surface area contributed by atoms with E-state index in [2.05, 4.69) is 10.2 Å². The van der Waals surface area contributed by atoms with Gasteiger partial charge < -0.3 is 15.3 Å². The maximum atomic E-state index is 10.3. The van der Waals surface area contributed by atoms with Crippen molar-refractivity contribution in [2.45, 2.75) is 6.92 Å². The Hall–Kier alpha value is -3.48. The first kappa shape index (κ1) is 14.1. The number of aromatic hydroxyl groups is 3. The summed E-state index contributed by atoms with van der Waals surface area (Å²) in [7, 11) is 0. The van der Waals surface area contributed by atoms with E-state index >= 15 is 0 Å². The Morgan fingerprint density at radius 2 is 1.50 bits per heavy atom. The molecule has 4 aromatic rings. The van der Waals surface area contributed by atoms with Gasteiger partial charge in [-0.2, -0.15) is 0 Å². The third-order valence-electron chi connectivity index (χ3n) is 3.81. The van der Waals surface area contributed by atoms with E-state index in [1.54, 1.807) is 12.1 Å². The van der Waals surface area contributed by atoms with E-state index < -0.39 is 0 Å². The first-order chi connectivity index (χ1) is 11.5. The van der Waals surface area contributed by atoms with Crippen molar-refractivity contribution >= 4 is 11.0 Å². The van der Waals surface area contributed by atoms with Crippen LogP contribution in [0, 0.1) is 6.92 Å². The van der Waals surface area contributed by atoms with Crippen LogP contribution in [-0.2, 0) is 0 Å². The zero-order chi connectivity index (χ0) is 16.8. The molecule has 2 aromatic heterocycles. The summed E-state index contributed by atoms with van der Waals surface area (Å²) in [5, 5.41) is 38.6. The summed E-state index contributed by atoms with van der Waals surface area (Å²) >= 11 is 0. The third-order valence-corrected chi connectivity index (χ3v) is 3.81. The number of rotatable bonds is 2. The van der Waals surface area contributed by atoms with Gasteiger partial charge in [0.25, 0.3) is 0 Å². The number of aryl methyl sites for hydroxylation is 1. The second kappa shape index (κ2) is 5.02. The summed E-state index contributed by atoms with van der Waals surface area (Å²) in [6, 6.07) is 13.2. The predicted octanol–water partition coefficient (Wildman–Crippen LogP) is 2.64. The number of phenolic OH excluding ortho intramolecular Hbond substituents is 1. The van der Waals surface area contributed by atoms with Crippen molar-refractivity contribution < 1.29 is 15.3 Å². The summed E-state index contributed by atoms with van der Waals surface area (Å²) in [6.07, 6.45) is 0. The molecular weight excluding hydrogens is 308 g/mol. The molecule has 0 bridgehead atoms. The van der Waals surface area contributed by atoms with Gasteiger partial charge in [-0.3, -0.25) is 4.57 Å². The van der Waals surface area contributed by atoms with Crippen molar-refractivity contribution in [3.63, 3.8) is 0 Å². The molecule has 0 unspecified atom stereocenters. The summed E-state index contributed by atoms with van der Waals surface area (Å²) in [6.45, 7) is 1.97. The quantitative estimate of drug-likeness (QED) is 0.527. The second-order valence-corrected chi connectivity index (χ2v) is 5.54. The average Bonchev–Trinajstić information content (AvgIpc) is 3.10. The highest BCUT2D eigenvalue weighted by Crippen LogP contribution is 2.31. The average molecular weight is 322 g/mol. The SMILES string of the molecule is Cc1ccc2nn(-c3ccc(-n4c(O)ccc4O)cc3O)nc2c1. The van der Waals surface area contributed by atoms with E-state index in [0.717, 1.165) is 16.6 Å². The van der Waals surface area contributed by atoms with Crippen molar-refractivity contribution in [2.24, 2.45) is 0 Å². The zero-order valence-corrected chi connectivity index (χ0v) is 12.7. The standard InChI is InChI=1S/C17H14N4O3/c1-10-2-4-12-13(8-10)19-21(18-12)14-5-3-11(9-15(14)22)20-16(23)6-7-17(20)24/h2-9,22-24H,1H3. The lowest BCUT2D eigenvalue weighted by atomic mass is 10.2. The van der Waals surface area contributed by atoms with Crippen LogP contribution in [0.25, 0.3) is 22.4 Å². The van der Waals surface area contributed by atoms with Gasteiger partial charge in [0, 0.05) is 18.2 Å². The number of hydrogen-bond acceptors (Lipinski definition) is 5. The Morgan fingerprint density at radius 3 is 2.21 bits per heavy atom. The molecule has 120 valence electrons. The normalized spacial score (nSPS) is 11.2. The fourth-order valence-corrected chi connectivity index (χ4v) is 2.63. The molecule has 2 aromatic carbocycles. The molecule has 7 nitrogen and oxygen atoms in total. The van der Waals surface area contributed by atoms with E-state index in [1.807, 2.05) is 25.1 Å². The van der Waals surface area contributed by atoms with Crippen molar-refractivity contribution in [3.8, 4) is 28.9 Å². The van der Waals surface area contributed by atoms with Crippen LogP contribution in [0.15, 0.2) is 48.5 Å². The van der Waals surface area contributed by atoms with Crippen LogP contribution >= 0.6 is 0 Å². The molecule has 0 spiro atoms. The van der Waals surface area contributed by atoms with E-state index in [9.17, 15) is 15.3 Å². The lowest BCUT2D eigenvalue weighted by molar-refractivity contribution is 0.402. The molecule has 0 aliphatic rings. The molecule has 3 N–H and O–H groups in total. The lowest BCUT2D eigenvalue weighted by Crippen LogP contribution is -2.00. The molecule has 0 aliphatic heterocycles. The van der Waals surface area contributed by atoms with Gasteiger partial charge in [-0.05, 0) is 36.8 Å². The highest BCUT2D eigenvalue weighted by molar-refractivity contribution is 5.74. The van der Waals surface area contributed by atoms with Gasteiger partial charge in [-0.25, -0.2) is 0 Å². The summed E-state index contributed by atoms with van der Waals surface area (Å²) in [4.78, 5) is 1.36. The summed E-state index contributed by atoms with van der Waals surface area (Å²) in [5.41, 5.74) is 3.36. The minimum absolute atomic E-state index is 0.0722. The van der Waals surface area contributed by atoms with Crippen LogP contribution in [0.3, 0.4) is 0 Å². The highest BCUT2D eigenvalue weighted by atomic mass is 16.3. The van der Waals surface area contributed by atoms with E-state index in [1.165, 1.54) is 27.6 Å².